The molecule has 1 fully saturated rings. The number of nitrogens with one attached hydrogen (secondary N) is 1. The summed E-state index contributed by atoms with van der Waals surface area (Å²) in [5.74, 6) is -2.88. The van der Waals surface area contributed by atoms with Gasteiger partial charge in [0.1, 0.15) is 23.2 Å². The molecule has 1 aliphatic rings. The number of anilines is 1. The standard InChI is InChI=1S/C36H34F2N6O8S2/c1-52-27-7-5-26(6-8-27)44-35(41-31-19-29(53(2,48)49)11-12-30(31)36(44)47)32(17-22-15-23(37)18-24(38)16-22)40-33(45)20-42-13-14-43(21-34(42)46)54(50,51)28-9-3-25(39)4-10-28/h3-12,15-16,18-19,32H,13-14,17,20-21,39H2,1-2H3,(H,40,45)/t32-/m0/s1. The molecule has 18 heteroatoms. The Bertz CT molecular complexity index is 2530. The van der Waals surface area contributed by atoms with E-state index in [4.69, 9.17) is 10.5 Å². The maximum atomic E-state index is 14.4. The number of ether oxygens (including phenoxy) is 1. The third-order valence-electron chi connectivity index (χ3n) is 8.77. The molecule has 1 aliphatic heterocycles. The van der Waals surface area contributed by atoms with Crippen LogP contribution >= 0.6 is 0 Å². The van der Waals surface area contributed by atoms with E-state index < -0.39 is 68.0 Å². The Balaban J connectivity index is 1.37. The van der Waals surface area contributed by atoms with Gasteiger partial charge in [-0.1, -0.05) is 0 Å². The Kier molecular flexibility index (Phi) is 10.5. The van der Waals surface area contributed by atoms with Gasteiger partial charge in [0, 0.05) is 37.5 Å². The Morgan fingerprint density at radius 1 is 0.907 bits per heavy atom. The fourth-order valence-corrected chi connectivity index (χ4v) is 8.08. The summed E-state index contributed by atoms with van der Waals surface area (Å²) in [6, 6.07) is 17.0. The molecule has 3 N–H and O–H groups in total. The van der Waals surface area contributed by atoms with Crippen molar-refractivity contribution < 1.29 is 39.9 Å². The molecule has 5 aromatic rings. The number of nitrogen functional groups attached to an aromatic ring is 1. The molecule has 2 heterocycles. The van der Waals surface area contributed by atoms with Crippen molar-refractivity contribution in [3.8, 4) is 11.4 Å². The predicted molar refractivity (Wildman–Crippen MR) is 194 cm³/mol. The molecule has 0 radical (unpaired) electrons. The van der Waals surface area contributed by atoms with Gasteiger partial charge in [0.15, 0.2) is 9.84 Å². The smallest absolute Gasteiger partial charge is 0.266 e. The highest BCUT2D eigenvalue weighted by molar-refractivity contribution is 7.90. The number of piperazine rings is 1. The van der Waals surface area contributed by atoms with E-state index in [1.807, 2.05) is 0 Å². The Morgan fingerprint density at radius 2 is 1.56 bits per heavy atom. The summed E-state index contributed by atoms with van der Waals surface area (Å²) >= 11 is 0. The Labute approximate surface area is 308 Å². The van der Waals surface area contributed by atoms with E-state index in [1.165, 1.54) is 54.1 Å². The summed E-state index contributed by atoms with van der Waals surface area (Å²) < 4.78 is 87.5. The molecule has 1 atom stereocenters. The average molecular weight is 781 g/mol. The first-order chi connectivity index (χ1) is 25.5. The van der Waals surface area contributed by atoms with Crippen molar-refractivity contribution in [1.29, 1.82) is 0 Å². The summed E-state index contributed by atoms with van der Waals surface area (Å²) in [6.45, 7) is -1.35. The summed E-state index contributed by atoms with van der Waals surface area (Å²) in [5, 5.41) is 2.79. The van der Waals surface area contributed by atoms with E-state index in [0.717, 1.165) is 27.6 Å². The van der Waals surface area contributed by atoms with Crippen molar-refractivity contribution in [3.05, 3.63) is 118 Å². The van der Waals surface area contributed by atoms with Crippen molar-refractivity contribution in [2.24, 2.45) is 0 Å². The molecule has 0 saturated carbocycles. The van der Waals surface area contributed by atoms with Crippen molar-refractivity contribution >= 4 is 48.3 Å². The number of carbonyl (C=O) groups is 2. The van der Waals surface area contributed by atoms with Gasteiger partial charge >= 0.3 is 0 Å². The largest absolute Gasteiger partial charge is 0.497 e. The van der Waals surface area contributed by atoms with Crippen LogP contribution in [0.3, 0.4) is 0 Å². The molecule has 0 spiro atoms. The van der Waals surface area contributed by atoms with Gasteiger partial charge in [-0.15, -0.1) is 0 Å². The number of carbonyl (C=O) groups excluding carboxylic acids is 2. The lowest BCUT2D eigenvalue weighted by molar-refractivity contribution is -0.138. The van der Waals surface area contributed by atoms with E-state index >= 15 is 0 Å². The van der Waals surface area contributed by atoms with Gasteiger partial charge in [-0.3, -0.25) is 19.0 Å². The minimum atomic E-state index is -4.05. The van der Waals surface area contributed by atoms with Gasteiger partial charge in [0.05, 0.1) is 52.6 Å². The van der Waals surface area contributed by atoms with E-state index in [0.29, 0.717) is 17.5 Å². The highest BCUT2D eigenvalue weighted by Crippen LogP contribution is 2.26. The number of nitrogens with zero attached hydrogens (tertiary/aromatic N) is 4. The van der Waals surface area contributed by atoms with Gasteiger partial charge in [0.2, 0.25) is 21.8 Å². The van der Waals surface area contributed by atoms with Crippen LogP contribution in [0.4, 0.5) is 14.5 Å². The first-order valence-corrected chi connectivity index (χ1v) is 19.7. The number of fused-ring (bicyclic) bond motifs is 1. The molecular formula is C36H34F2N6O8S2. The molecule has 282 valence electrons. The van der Waals surface area contributed by atoms with Gasteiger partial charge in [-0.25, -0.2) is 30.6 Å². The summed E-state index contributed by atoms with van der Waals surface area (Å²) in [7, 11) is -6.33. The highest BCUT2D eigenvalue weighted by atomic mass is 32.2. The molecule has 54 heavy (non-hydrogen) atoms. The van der Waals surface area contributed by atoms with Gasteiger partial charge in [-0.2, -0.15) is 4.31 Å². The number of hydrogen-bond acceptors (Lipinski definition) is 10. The van der Waals surface area contributed by atoms with Crippen LogP contribution in [0.25, 0.3) is 16.6 Å². The summed E-state index contributed by atoms with van der Waals surface area (Å²) in [6.07, 6.45) is 0.686. The number of aromatic nitrogens is 2. The zero-order valence-electron chi connectivity index (χ0n) is 28.9. The van der Waals surface area contributed by atoms with Crippen LogP contribution in [0.1, 0.15) is 17.4 Å². The van der Waals surface area contributed by atoms with E-state index in [2.05, 4.69) is 10.3 Å². The van der Waals surface area contributed by atoms with Crippen LogP contribution < -0.4 is 21.3 Å². The molecular weight excluding hydrogens is 747 g/mol. The number of sulfone groups is 1. The molecule has 14 nitrogen and oxygen atoms in total. The Morgan fingerprint density at radius 3 is 2.17 bits per heavy atom. The van der Waals surface area contributed by atoms with E-state index in [-0.39, 0.29) is 57.3 Å². The van der Waals surface area contributed by atoms with Crippen LogP contribution in [0.15, 0.2) is 99.5 Å². The number of amides is 2. The SMILES string of the molecule is COc1ccc(-n2c([C@H](Cc3cc(F)cc(F)c3)NC(=O)CN3CCN(S(=O)(=O)c4ccc(N)cc4)CC3=O)nc3cc(S(C)(=O)=O)ccc3c2=O)cc1. The van der Waals surface area contributed by atoms with Crippen molar-refractivity contribution in [2.75, 3.05) is 45.3 Å². The van der Waals surface area contributed by atoms with Crippen LogP contribution in [0, 0.1) is 11.6 Å². The minimum absolute atomic E-state index is 0.0269. The number of nitrogens with two attached hydrogens (primary N) is 1. The maximum Gasteiger partial charge on any atom is 0.266 e. The topological polar surface area (TPSA) is 191 Å². The van der Waals surface area contributed by atoms with Crippen LogP contribution in [0.2, 0.25) is 0 Å². The second-order valence-electron chi connectivity index (χ2n) is 12.6. The van der Waals surface area contributed by atoms with E-state index in [9.17, 15) is 40.0 Å². The highest BCUT2D eigenvalue weighted by Gasteiger charge is 2.34. The van der Waals surface area contributed by atoms with Crippen LogP contribution in [-0.2, 0) is 35.9 Å². The lowest BCUT2D eigenvalue weighted by Gasteiger charge is -2.33. The molecule has 0 bridgehead atoms. The monoisotopic (exact) mass is 780 g/mol. The summed E-state index contributed by atoms with van der Waals surface area (Å²) in [4.78, 5) is 46.8. The van der Waals surface area contributed by atoms with Crippen molar-refractivity contribution in [1.82, 2.24) is 24.1 Å². The zero-order valence-corrected chi connectivity index (χ0v) is 30.5. The lowest BCUT2D eigenvalue weighted by Crippen LogP contribution is -2.54. The number of halogens is 2. The number of rotatable bonds is 11. The van der Waals surface area contributed by atoms with Gasteiger partial charge in [-0.05, 0) is 84.4 Å². The molecule has 6 rings (SSSR count). The lowest BCUT2D eigenvalue weighted by atomic mass is 10.0. The third-order valence-corrected chi connectivity index (χ3v) is 11.7. The van der Waals surface area contributed by atoms with Crippen molar-refractivity contribution in [2.45, 2.75) is 22.3 Å². The molecule has 1 saturated heterocycles. The van der Waals surface area contributed by atoms with Crippen LogP contribution in [0.5, 0.6) is 5.75 Å². The first-order valence-electron chi connectivity index (χ1n) is 16.3. The number of hydrogen-bond donors (Lipinski definition) is 2. The molecule has 1 aromatic heterocycles. The number of benzene rings is 4. The minimum Gasteiger partial charge on any atom is -0.497 e. The van der Waals surface area contributed by atoms with Crippen LogP contribution in [-0.4, -0.2) is 87.0 Å². The quantitative estimate of drug-likeness (QED) is 0.189. The number of sulfonamides is 1. The third kappa shape index (κ3) is 8.09. The zero-order chi connectivity index (χ0) is 38.9. The fourth-order valence-electron chi connectivity index (χ4n) is 6.06. The van der Waals surface area contributed by atoms with Gasteiger partial charge < -0.3 is 20.7 Å². The second-order valence-corrected chi connectivity index (χ2v) is 16.5. The van der Waals surface area contributed by atoms with Crippen molar-refractivity contribution in [3.63, 3.8) is 0 Å². The normalized spacial score (nSPS) is 14.6. The fraction of sp³-hybridized carbons (Fsp3) is 0.222. The maximum absolute atomic E-state index is 14.4. The molecule has 0 aliphatic carbocycles. The summed E-state index contributed by atoms with van der Waals surface area (Å²) in [5.41, 5.74) is 5.72. The van der Waals surface area contributed by atoms with Gasteiger partial charge in [0.25, 0.3) is 5.56 Å². The average Bonchev–Trinajstić information content (AvgIpc) is 3.11. The van der Waals surface area contributed by atoms with E-state index in [1.54, 1.807) is 24.3 Å². The Hall–Kier alpha value is -5.72. The second kappa shape index (κ2) is 15.0. The predicted octanol–water partition coefficient (Wildman–Crippen LogP) is 2.59. The first kappa shape index (κ1) is 38.0. The molecule has 0 unspecified atom stereocenters. The molecule has 2 amide bonds. The number of methoxy groups -OCH3 is 1. The molecule has 4 aromatic carbocycles.